The van der Waals surface area contributed by atoms with Gasteiger partial charge in [0, 0.05) is 41.0 Å². The molecule has 162 valence electrons. The minimum Gasteiger partial charge on any atom is -0.379 e. The van der Waals surface area contributed by atoms with Crippen molar-refractivity contribution in [1.82, 2.24) is 14.9 Å². The number of thiazole rings is 1. The second-order valence-corrected chi connectivity index (χ2v) is 8.87. The molecule has 2 aromatic heterocycles. The van der Waals surface area contributed by atoms with Crippen molar-refractivity contribution in [2.75, 3.05) is 31.6 Å². The first-order valence-corrected chi connectivity index (χ1v) is 11.6. The van der Waals surface area contributed by atoms with Crippen LogP contribution in [0.15, 0.2) is 60.0 Å². The molecule has 1 fully saturated rings. The van der Waals surface area contributed by atoms with Gasteiger partial charge in [0.1, 0.15) is 5.69 Å². The molecule has 0 atom stereocenters. The molecular formula is C24H21ClN4O2S. The maximum Gasteiger partial charge on any atom is 0.276 e. The highest BCUT2D eigenvalue weighted by molar-refractivity contribution is 7.14. The van der Waals surface area contributed by atoms with Crippen LogP contribution in [0.2, 0.25) is 5.02 Å². The quantitative estimate of drug-likeness (QED) is 0.445. The van der Waals surface area contributed by atoms with Crippen LogP contribution in [0.25, 0.3) is 22.0 Å². The van der Waals surface area contributed by atoms with Crippen LogP contribution < -0.4 is 5.32 Å². The van der Waals surface area contributed by atoms with Crippen LogP contribution in [0, 0.1) is 0 Å². The molecule has 3 heterocycles. The standard InChI is InChI=1S/C24H21ClN4O2S/c25-18-5-1-4-17(13-18)20-6-2-3-16-7-8-21(27-22(16)20)23(30)28-24-26-19(15-32-24)14-29-9-11-31-12-10-29/h1-8,13,15H,9-12,14H2,(H,26,28,30). The third-order valence-corrected chi connectivity index (χ3v) is 6.39. The number of carbonyl (C=O) groups is 1. The molecule has 1 N–H and O–H groups in total. The zero-order valence-corrected chi connectivity index (χ0v) is 18.8. The summed E-state index contributed by atoms with van der Waals surface area (Å²) in [4.78, 5) is 24.4. The third kappa shape index (κ3) is 4.66. The number of nitrogens with one attached hydrogen (secondary N) is 1. The summed E-state index contributed by atoms with van der Waals surface area (Å²) in [5.41, 5.74) is 3.94. The Hall–Kier alpha value is -2.84. The molecule has 1 amide bonds. The predicted molar refractivity (Wildman–Crippen MR) is 128 cm³/mol. The number of carbonyl (C=O) groups excluding carboxylic acids is 1. The fourth-order valence-corrected chi connectivity index (χ4v) is 4.64. The van der Waals surface area contributed by atoms with Crippen molar-refractivity contribution in [2.45, 2.75) is 6.54 Å². The SMILES string of the molecule is O=C(Nc1nc(CN2CCOCC2)cs1)c1ccc2cccc(-c3cccc(Cl)c3)c2n1. The first kappa shape index (κ1) is 21.0. The van der Waals surface area contributed by atoms with E-state index in [-0.39, 0.29) is 5.91 Å². The number of benzene rings is 2. The van der Waals surface area contributed by atoms with Gasteiger partial charge in [-0.15, -0.1) is 11.3 Å². The Morgan fingerprint density at radius 1 is 1.09 bits per heavy atom. The Morgan fingerprint density at radius 3 is 2.78 bits per heavy atom. The molecule has 0 unspecified atom stereocenters. The summed E-state index contributed by atoms with van der Waals surface area (Å²) in [5.74, 6) is -0.278. The fraction of sp³-hybridized carbons (Fsp3) is 0.208. The number of halogens is 1. The number of para-hydroxylation sites is 1. The first-order valence-electron chi connectivity index (χ1n) is 10.4. The molecule has 32 heavy (non-hydrogen) atoms. The molecule has 0 radical (unpaired) electrons. The average Bonchev–Trinajstić information content (AvgIpc) is 3.25. The fourth-order valence-electron chi connectivity index (χ4n) is 3.75. The van der Waals surface area contributed by atoms with Gasteiger partial charge in [0.05, 0.1) is 24.4 Å². The summed E-state index contributed by atoms with van der Waals surface area (Å²) in [7, 11) is 0. The third-order valence-electron chi connectivity index (χ3n) is 5.35. The number of anilines is 1. The Bertz CT molecular complexity index is 1270. The Labute approximate surface area is 194 Å². The maximum atomic E-state index is 12.9. The molecule has 0 bridgehead atoms. The minimum atomic E-state index is -0.278. The number of hydrogen-bond donors (Lipinski definition) is 1. The number of pyridine rings is 1. The number of ether oxygens (including phenoxy) is 1. The molecule has 1 aliphatic rings. The van der Waals surface area contributed by atoms with Gasteiger partial charge in [0.25, 0.3) is 5.91 Å². The van der Waals surface area contributed by atoms with E-state index in [2.05, 4.69) is 20.2 Å². The van der Waals surface area contributed by atoms with Gasteiger partial charge in [-0.2, -0.15) is 0 Å². The number of nitrogens with zero attached hydrogens (tertiary/aromatic N) is 3. The second kappa shape index (κ2) is 9.34. The monoisotopic (exact) mass is 464 g/mol. The summed E-state index contributed by atoms with van der Waals surface area (Å²) in [6.07, 6.45) is 0. The summed E-state index contributed by atoms with van der Waals surface area (Å²) >= 11 is 7.60. The van der Waals surface area contributed by atoms with Crippen molar-refractivity contribution in [3.05, 3.63) is 76.4 Å². The van der Waals surface area contributed by atoms with Crippen molar-refractivity contribution in [3.63, 3.8) is 0 Å². The van der Waals surface area contributed by atoms with Crippen molar-refractivity contribution in [1.29, 1.82) is 0 Å². The predicted octanol–water partition coefficient (Wildman–Crippen LogP) is 5.10. The van der Waals surface area contributed by atoms with Gasteiger partial charge in [-0.05, 0) is 23.8 Å². The maximum absolute atomic E-state index is 12.9. The van der Waals surface area contributed by atoms with E-state index < -0.39 is 0 Å². The highest BCUT2D eigenvalue weighted by Gasteiger charge is 2.15. The minimum absolute atomic E-state index is 0.278. The first-order chi connectivity index (χ1) is 15.7. The summed E-state index contributed by atoms with van der Waals surface area (Å²) in [6.45, 7) is 4.05. The molecule has 1 saturated heterocycles. The van der Waals surface area contributed by atoms with Crippen molar-refractivity contribution in [2.24, 2.45) is 0 Å². The molecule has 8 heteroatoms. The molecule has 0 spiro atoms. The van der Waals surface area contributed by atoms with Crippen LogP contribution in [0.1, 0.15) is 16.2 Å². The highest BCUT2D eigenvalue weighted by Crippen LogP contribution is 2.29. The van der Waals surface area contributed by atoms with Gasteiger partial charge >= 0.3 is 0 Å². The highest BCUT2D eigenvalue weighted by atomic mass is 35.5. The van der Waals surface area contributed by atoms with E-state index in [1.807, 2.05) is 53.9 Å². The summed E-state index contributed by atoms with van der Waals surface area (Å²) < 4.78 is 5.39. The molecule has 6 nitrogen and oxygen atoms in total. The van der Waals surface area contributed by atoms with Crippen molar-refractivity contribution >= 4 is 44.9 Å². The van der Waals surface area contributed by atoms with Crippen LogP contribution >= 0.6 is 22.9 Å². The van der Waals surface area contributed by atoms with Gasteiger partial charge < -0.3 is 4.74 Å². The van der Waals surface area contributed by atoms with E-state index >= 15 is 0 Å². The number of rotatable bonds is 5. The number of morpholine rings is 1. The molecule has 0 saturated carbocycles. The Kier molecular flexibility index (Phi) is 6.14. The molecular weight excluding hydrogens is 444 g/mol. The van der Waals surface area contributed by atoms with Crippen LogP contribution in [-0.4, -0.2) is 47.1 Å². The lowest BCUT2D eigenvalue weighted by Crippen LogP contribution is -2.35. The number of fused-ring (bicyclic) bond motifs is 1. The van der Waals surface area contributed by atoms with E-state index in [0.29, 0.717) is 15.8 Å². The van der Waals surface area contributed by atoms with Crippen LogP contribution in [0.3, 0.4) is 0 Å². The van der Waals surface area contributed by atoms with E-state index in [1.165, 1.54) is 11.3 Å². The number of aromatic nitrogens is 2. The van der Waals surface area contributed by atoms with Crippen LogP contribution in [-0.2, 0) is 11.3 Å². The number of hydrogen-bond acceptors (Lipinski definition) is 6. The zero-order chi connectivity index (χ0) is 21.9. The lowest BCUT2D eigenvalue weighted by Gasteiger charge is -2.25. The van der Waals surface area contributed by atoms with Gasteiger partial charge in [-0.25, -0.2) is 9.97 Å². The Morgan fingerprint density at radius 2 is 1.94 bits per heavy atom. The largest absolute Gasteiger partial charge is 0.379 e. The van der Waals surface area contributed by atoms with Gasteiger partial charge in [-0.1, -0.05) is 48.0 Å². The molecule has 0 aliphatic carbocycles. The lowest BCUT2D eigenvalue weighted by atomic mass is 10.0. The van der Waals surface area contributed by atoms with Crippen molar-refractivity contribution in [3.8, 4) is 11.1 Å². The van der Waals surface area contributed by atoms with E-state index in [0.717, 1.165) is 60.6 Å². The van der Waals surface area contributed by atoms with Crippen LogP contribution in [0.5, 0.6) is 0 Å². The normalized spacial score (nSPS) is 14.5. The van der Waals surface area contributed by atoms with E-state index in [1.54, 1.807) is 6.07 Å². The second-order valence-electron chi connectivity index (χ2n) is 7.57. The topological polar surface area (TPSA) is 67.4 Å². The Balaban J connectivity index is 1.36. The summed E-state index contributed by atoms with van der Waals surface area (Å²) in [5, 5.41) is 7.06. The number of amides is 1. The van der Waals surface area contributed by atoms with Gasteiger partial charge in [-0.3, -0.25) is 15.0 Å². The smallest absolute Gasteiger partial charge is 0.276 e. The lowest BCUT2D eigenvalue weighted by molar-refractivity contribution is 0.0337. The van der Waals surface area contributed by atoms with Gasteiger partial charge in [0.2, 0.25) is 0 Å². The zero-order valence-electron chi connectivity index (χ0n) is 17.3. The summed E-state index contributed by atoms with van der Waals surface area (Å²) in [6, 6.07) is 17.2. The van der Waals surface area contributed by atoms with Crippen LogP contribution in [0.4, 0.5) is 5.13 Å². The molecule has 2 aromatic carbocycles. The average molecular weight is 465 g/mol. The molecule has 4 aromatic rings. The van der Waals surface area contributed by atoms with E-state index in [9.17, 15) is 4.79 Å². The molecule has 1 aliphatic heterocycles. The van der Waals surface area contributed by atoms with Gasteiger partial charge in [0.15, 0.2) is 5.13 Å². The molecule has 5 rings (SSSR count). The van der Waals surface area contributed by atoms with Crippen molar-refractivity contribution < 1.29 is 9.53 Å². The van der Waals surface area contributed by atoms with E-state index in [4.69, 9.17) is 16.3 Å².